The topological polar surface area (TPSA) is 102 Å². The molecule has 0 spiro atoms. The van der Waals surface area contributed by atoms with E-state index in [0.29, 0.717) is 11.4 Å². The van der Waals surface area contributed by atoms with E-state index in [4.69, 9.17) is 5.73 Å². The van der Waals surface area contributed by atoms with Crippen molar-refractivity contribution in [2.24, 2.45) is 0 Å². The fraction of sp³-hybridized carbons (Fsp3) is 0.273. The van der Waals surface area contributed by atoms with Crippen molar-refractivity contribution in [1.82, 2.24) is 19.1 Å². The highest BCUT2D eigenvalue weighted by Crippen LogP contribution is 2.23. The Morgan fingerprint density at radius 2 is 2.19 bits per heavy atom. The molecule has 0 aromatic carbocycles. The van der Waals surface area contributed by atoms with Gasteiger partial charge in [0.25, 0.3) is 10.0 Å². The Balaban J connectivity index is 1.77. The fourth-order valence-electron chi connectivity index (χ4n) is 1.93. The summed E-state index contributed by atoms with van der Waals surface area (Å²) in [6, 6.07) is 0. The molecule has 0 saturated heterocycles. The number of thiazole rings is 2. The van der Waals surface area contributed by atoms with E-state index >= 15 is 0 Å². The summed E-state index contributed by atoms with van der Waals surface area (Å²) in [7, 11) is -3.70. The van der Waals surface area contributed by atoms with E-state index in [1.807, 2.05) is 12.3 Å². The molecule has 0 aliphatic rings. The van der Waals surface area contributed by atoms with Crippen LogP contribution in [0.15, 0.2) is 22.0 Å². The van der Waals surface area contributed by atoms with E-state index in [1.165, 1.54) is 27.1 Å². The van der Waals surface area contributed by atoms with Gasteiger partial charge in [0.05, 0.1) is 5.01 Å². The van der Waals surface area contributed by atoms with Gasteiger partial charge in [-0.25, -0.2) is 23.1 Å². The van der Waals surface area contributed by atoms with Crippen LogP contribution in [0, 0.1) is 6.92 Å². The van der Waals surface area contributed by atoms with Crippen LogP contribution in [0.3, 0.4) is 0 Å². The van der Waals surface area contributed by atoms with Crippen molar-refractivity contribution in [2.45, 2.75) is 18.4 Å². The molecule has 3 aromatic rings. The molecule has 7 nitrogen and oxygen atoms in total. The zero-order valence-corrected chi connectivity index (χ0v) is 13.6. The Hall–Kier alpha value is -1.49. The third-order valence-electron chi connectivity index (χ3n) is 2.80. The Morgan fingerprint density at radius 1 is 1.38 bits per heavy atom. The van der Waals surface area contributed by atoms with Crippen molar-refractivity contribution in [2.75, 3.05) is 12.3 Å². The molecule has 3 heterocycles. The summed E-state index contributed by atoms with van der Waals surface area (Å²) in [5.41, 5.74) is 6.66. The maximum absolute atomic E-state index is 12.4. The first-order valence-electron chi connectivity index (χ1n) is 6.09. The van der Waals surface area contributed by atoms with E-state index in [9.17, 15) is 8.42 Å². The molecule has 0 atom stereocenters. The third-order valence-corrected chi connectivity index (χ3v) is 6.08. The number of imidazole rings is 1. The maximum Gasteiger partial charge on any atom is 0.260 e. The predicted octanol–water partition coefficient (Wildman–Crippen LogP) is 1.26. The zero-order chi connectivity index (χ0) is 15.0. The van der Waals surface area contributed by atoms with Gasteiger partial charge in [-0.1, -0.05) is 0 Å². The summed E-state index contributed by atoms with van der Waals surface area (Å²) in [4.78, 5) is 8.89. The number of anilines is 1. The van der Waals surface area contributed by atoms with Gasteiger partial charge in [0.1, 0.15) is 0 Å². The van der Waals surface area contributed by atoms with Gasteiger partial charge in [-0.3, -0.25) is 4.40 Å². The number of hydrogen-bond donors (Lipinski definition) is 2. The molecule has 0 bridgehead atoms. The molecular weight excluding hydrogens is 330 g/mol. The van der Waals surface area contributed by atoms with E-state index in [2.05, 4.69) is 14.7 Å². The quantitative estimate of drug-likeness (QED) is 0.726. The third kappa shape index (κ3) is 2.79. The second-order valence-corrected chi connectivity index (χ2v) is 7.89. The van der Waals surface area contributed by atoms with Crippen molar-refractivity contribution in [1.29, 1.82) is 0 Å². The number of fused-ring (bicyclic) bond motifs is 1. The van der Waals surface area contributed by atoms with Crippen LogP contribution in [-0.2, 0) is 16.4 Å². The van der Waals surface area contributed by atoms with E-state index in [-0.39, 0.29) is 17.4 Å². The monoisotopic (exact) mass is 343 g/mol. The Kier molecular flexibility index (Phi) is 3.69. The largest absolute Gasteiger partial charge is 0.381 e. The van der Waals surface area contributed by atoms with Gasteiger partial charge >= 0.3 is 0 Å². The summed E-state index contributed by atoms with van der Waals surface area (Å²) in [6.45, 7) is 2.18. The molecule has 0 saturated carbocycles. The molecule has 112 valence electrons. The van der Waals surface area contributed by atoms with E-state index in [0.717, 1.165) is 10.7 Å². The van der Waals surface area contributed by atoms with Crippen LogP contribution in [0.25, 0.3) is 4.96 Å². The number of aromatic nitrogens is 3. The summed E-state index contributed by atoms with van der Waals surface area (Å²) in [5.74, 6) is 0.0134. The lowest BCUT2D eigenvalue weighted by molar-refractivity contribution is 0.577. The highest BCUT2D eigenvalue weighted by atomic mass is 32.2. The van der Waals surface area contributed by atoms with Crippen LogP contribution < -0.4 is 10.5 Å². The van der Waals surface area contributed by atoms with Gasteiger partial charge in [-0.05, 0) is 6.92 Å². The minimum Gasteiger partial charge on any atom is -0.381 e. The summed E-state index contributed by atoms with van der Waals surface area (Å²) < 4.78 is 28.7. The Labute approximate surface area is 129 Å². The lowest BCUT2D eigenvalue weighted by Crippen LogP contribution is -2.27. The lowest BCUT2D eigenvalue weighted by atomic mass is 10.4. The number of rotatable bonds is 5. The number of nitrogens with one attached hydrogen (secondary N) is 1. The number of nitrogen functional groups attached to an aromatic ring is 1. The highest BCUT2D eigenvalue weighted by Gasteiger charge is 2.24. The molecule has 10 heteroatoms. The van der Waals surface area contributed by atoms with E-state index in [1.54, 1.807) is 11.6 Å². The first-order valence-corrected chi connectivity index (χ1v) is 9.33. The molecule has 0 amide bonds. The number of nitrogens with zero attached hydrogens (tertiary/aromatic N) is 3. The molecule has 0 fully saturated rings. The van der Waals surface area contributed by atoms with Gasteiger partial charge in [0.2, 0.25) is 0 Å². The van der Waals surface area contributed by atoms with Gasteiger partial charge in [-0.15, -0.1) is 22.7 Å². The Bertz CT molecular complexity index is 877. The van der Waals surface area contributed by atoms with Crippen LogP contribution in [0.1, 0.15) is 10.7 Å². The molecule has 3 rings (SSSR count). The van der Waals surface area contributed by atoms with Crippen LogP contribution in [0.4, 0.5) is 5.82 Å². The average molecular weight is 343 g/mol. The van der Waals surface area contributed by atoms with Gasteiger partial charge in [0, 0.05) is 35.6 Å². The minimum atomic E-state index is -3.70. The van der Waals surface area contributed by atoms with Crippen molar-refractivity contribution in [3.63, 3.8) is 0 Å². The molecule has 21 heavy (non-hydrogen) atoms. The van der Waals surface area contributed by atoms with Crippen molar-refractivity contribution >= 4 is 43.5 Å². The number of nitrogens with two attached hydrogens (primary N) is 1. The van der Waals surface area contributed by atoms with Gasteiger partial charge in [0.15, 0.2) is 15.8 Å². The second kappa shape index (κ2) is 5.37. The van der Waals surface area contributed by atoms with Crippen molar-refractivity contribution in [3.05, 3.63) is 27.7 Å². The normalized spacial score (nSPS) is 12.2. The standard InChI is InChI=1S/C11H13N5O2S3/c1-7-6-20-8(14-7)2-3-13-21(17,18)10-9(12)15-11-16(10)4-5-19-11/h4-6,13H,2-3,12H2,1H3. The molecule has 0 unspecified atom stereocenters. The van der Waals surface area contributed by atoms with Gasteiger partial charge < -0.3 is 5.73 Å². The van der Waals surface area contributed by atoms with Crippen molar-refractivity contribution in [3.8, 4) is 0 Å². The molecule has 0 aliphatic carbocycles. The summed E-state index contributed by atoms with van der Waals surface area (Å²) in [5, 5.41) is 4.60. The number of sulfonamides is 1. The fourth-order valence-corrected chi connectivity index (χ4v) is 4.72. The molecule has 3 N–H and O–H groups in total. The molecule has 3 aromatic heterocycles. The van der Waals surface area contributed by atoms with Crippen LogP contribution in [-0.4, -0.2) is 29.3 Å². The minimum absolute atomic E-state index is 0.00549. The van der Waals surface area contributed by atoms with Crippen LogP contribution in [0.2, 0.25) is 0 Å². The highest BCUT2D eigenvalue weighted by molar-refractivity contribution is 7.89. The summed E-state index contributed by atoms with van der Waals surface area (Å²) >= 11 is 2.85. The average Bonchev–Trinajstić information content (AvgIpc) is 3.04. The SMILES string of the molecule is Cc1csc(CCNS(=O)(=O)c2c(N)nc3sccn23)n1. The van der Waals surface area contributed by atoms with Crippen LogP contribution in [0.5, 0.6) is 0 Å². The molecule has 0 aliphatic heterocycles. The van der Waals surface area contributed by atoms with Crippen LogP contribution >= 0.6 is 22.7 Å². The van der Waals surface area contributed by atoms with Crippen molar-refractivity contribution < 1.29 is 8.42 Å². The first kappa shape index (κ1) is 14.4. The smallest absolute Gasteiger partial charge is 0.260 e. The maximum atomic E-state index is 12.4. The first-order chi connectivity index (χ1) is 9.97. The number of aryl methyl sites for hydroxylation is 1. The second-order valence-electron chi connectivity index (χ2n) is 4.39. The Morgan fingerprint density at radius 3 is 2.90 bits per heavy atom. The predicted molar refractivity (Wildman–Crippen MR) is 83.2 cm³/mol. The molecular formula is C11H13N5O2S3. The molecule has 0 radical (unpaired) electrons. The number of hydrogen-bond acceptors (Lipinski definition) is 7. The zero-order valence-electron chi connectivity index (χ0n) is 11.1. The van der Waals surface area contributed by atoms with E-state index < -0.39 is 10.0 Å². The lowest BCUT2D eigenvalue weighted by Gasteiger charge is -2.05. The summed E-state index contributed by atoms with van der Waals surface area (Å²) in [6.07, 6.45) is 2.19. The van der Waals surface area contributed by atoms with Gasteiger partial charge in [-0.2, -0.15) is 0 Å².